The molecular formula is C44H26N4. The van der Waals surface area contributed by atoms with Crippen molar-refractivity contribution in [2.24, 2.45) is 0 Å². The Hall–Kier alpha value is -6.88. The van der Waals surface area contributed by atoms with E-state index in [1.54, 1.807) is 6.07 Å². The van der Waals surface area contributed by atoms with Crippen molar-refractivity contribution in [3.05, 3.63) is 175 Å². The Kier molecular flexibility index (Phi) is 6.22. The molecule has 0 amide bonds. The number of hydrogen-bond acceptors (Lipinski definition) is 1. The standard InChI is InChI=1S/C44H26N4/c1-46-38-23-25-42(44(37(38)28-45)29-12-4-2-5-13-29)48-40-19-11-9-17-34(40)36-26-30(21-24-41(36)48)31-20-22-35-33-16-8-10-18-39(33)47(43(35)27-31)32-14-6-3-7-15-32/h2-27H. The van der Waals surface area contributed by atoms with Crippen LogP contribution < -0.4 is 0 Å². The minimum Gasteiger partial charge on any atom is -0.309 e. The van der Waals surface area contributed by atoms with Crippen molar-refractivity contribution in [1.29, 1.82) is 5.26 Å². The number of rotatable bonds is 4. The summed E-state index contributed by atoms with van der Waals surface area (Å²) in [4.78, 5) is 3.70. The second kappa shape index (κ2) is 10.9. The highest BCUT2D eigenvalue weighted by Crippen LogP contribution is 2.42. The van der Waals surface area contributed by atoms with E-state index in [2.05, 4.69) is 135 Å². The number of benzene rings is 7. The smallest absolute Gasteiger partial charge is 0.205 e. The molecule has 2 heterocycles. The van der Waals surface area contributed by atoms with Crippen LogP contribution in [0.4, 0.5) is 5.69 Å². The molecule has 0 spiro atoms. The lowest BCUT2D eigenvalue weighted by Crippen LogP contribution is -1.99. The molecule has 0 saturated carbocycles. The summed E-state index contributed by atoms with van der Waals surface area (Å²) < 4.78 is 4.59. The molecule has 4 nitrogen and oxygen atoms in total. The zero-order valence-corrected chi connectivity index (χ0v) is 25.8. The number of aromatic nitrogens is 2. The van der Waals surface area contributed by atoms with Crippen LogP contribution in [-0.4, -0.2) is 9.13 Å². The Labute approximate surface area is 277 Å². The summed E-state index contributed by atoms with van der Waals surface area (Å²) in [7, 11) is 0. The number of para-hydroxylation sites is 3. The first kappa shape index (κ1) is 27.4. The molecule has 4 heteroatoms. The minimum atomic E-state index is 0.353. The zero-order valence-electron chi connectivity index (χ0n) is 25.8. The fourth-order valence-electron chi connectivity index (χ4n) is 7.29. The molecule has 0 aliphatic heterocycles. The molecule has 48 heavy (non-hydrogen) atoms. The summed E-state index contributed by atoms with van der Waals surface area (Å²) >= 11 is 0. The molecule has 9 rings (SSSR count). The molecule has 0 radical (unpaired) electrons. The van der Waals surface area contributed by atoms with Crippen molar-refractivity contribution >= 4 is 49.3 Å². The zero-order chi connectivity index (χ0) is 32.2. The van der Waals surface area contributed by atoms with Crippen molar-refractivity contribution in [3.8, 4) is 39.7 Å². The van der Waals surface area contributed by atoms with E-state index >= 15 is 0 Å². The molecule has 0 unspecified atom stereocenters. The molecule has 222 valence electrons. The summed E-state index contributed by atoms with van der Waals surface area (Å²) in [5.74, 6) is 0. The highest BCUT2D eigenvalue weighted by Gasteiger charge is 2.21. The van der Waals surface area contributed by atoms with Gasteiger partial charge in [0.25, 0.3) is 0 Å². The van der Waals surface area contributed by atoms with Gasteiger partial charge in [0.15, 0.2) is 0 Å². The van der Waals surface area contributed by atoms with Gasteiger partial charge in [-0.1, -0.05) is 109 Å². The fraction of sp³-hybridized carbons (Fsp3) is 0. The first-order valence-electron chi connectivity index (χ1n) is 15.9. The normalized spacial score (nSPS) is 11.3. The monoisotopic (exact) mass is 610 g/mol. The molecule has 0 fully saturated rings. The van der Waals surface area contributed by atoms with Crippen LogP contribution in [0.3, 0.4) is 0 Å². The van der Waals surface area contributed by atoms with Gasteiger partial charge >= 0.3 is 0 Å². The summed E-state index contributed by atoms with van der Waals surface area (Å²) in [6.45, 7) is 7.77. The average Bonchev–Trinajstić information content (AvgIpc) is 3.67. The van der Waals surface area contributed by atoms with E-state index in [0.717, 1.165) is 55.4 Å². The van der Waals surface area contributed by atoms with Crippen molar-refractivity contribution in [1.82, 2.24) is 9.13 Å². The van der Waals surface area contributed by atoms with Crippen molar-refractivity contribution in [2.75, 3.05) is 0 Å². The summed E-state index contributed by atoms with van der Waals surface area (Å²) in [5, 5.41) is 15.0. The maximum absolute atomic E-state index is 10.3. The Balaban J connectivity index is 1.29. The van der Waals surface area contributed by atoms with E-state index in [4.69, 9.17) is 6.57 Å². The van der Waals surface area contributed by atoms with E-state index in [1.165, 1.54) is 21.8 Å². The molecule has 0 atom stereocenters. The quantitative estimate of drug-likeness (QED) is 0.183. The average molecular weight is 611 g/mol. The van der Waals surface area contributed by atoms with Crippen molar-refractivity contribution in [2.45, 2.75) is 0 Å². The van der Waals surface area contributed by atoms with Crippen LogP contribution >= 0.6 is 0 Å². The van der Waals surface area contributed by atoms with Crippen LogP contribution in [0.2, 0.25) is 0 Å². The molecular weight excluding hydrogens is 585 g/mol. The topological polar surface area (TPSA) is 38.0 Å². The lowest BCUT2D eigenvalue weighted by Gasteiger charge is -2.16. The Morgan fingerprint density at radius 3 is 1.79 bits per heavy atom. The van der Waals surface area contributed by atoms with Gasteiger partial charge in [-0.2, -0.15) is 5.26 Å². The number of hydrogen-bond donors (Lipinski definition) is 0. The second-order valence-corrected chi connectivity index (χ2v) is 11.9. The van der Waals surface area contributed by atoms with Crippen LogP contribution in [0.5, 0.6) is 0 Å². The third kappa shape index (κ3) is 4.07. The summed E-state index contributed by atoms with van der Waals surface area (Å²) in [6, 6.07) is 57.0. The fourth-order valence-corrected chi connectivity index (χ4v) is 7.29. The molecule has 0 aliphatic rings. The molecule has 0 N–H and O–H groups in total. The van der Waals surface area contributed by atoms with Crippen LogP contribution in [0.1, 0.15) is 5.56 Å². The maximum atomic E-state index is 10.3. The molecule has 9 aromatic rings. The Bertz CT molecular complexity index is 2790. The van der Waals surface area contributed by atoms with Gasteiger partial charge < -0.3 is 9.13 Å². The van der Waals surface area contributed by atoms with Gasteiger partial charge in [0.1, 0.15) is 0 Å². The summed E-state index contributed by atoms with van der Waals surface area (Å²) in [5.41, 5.74) is 11.1. The Morgan fingerprint density at radius 1 is 0.479 bits per heavy atom. The van der Waals surface area contributed by atoms with E-state index in [9.17, 15) is 5.26 Å². The van der Waals surface area contributed by atoms with Crippen molar-refractivity contribution < 1.29 is 0 Å². The number of nitrogens with zero attached hydrogens (tertiary/aromatic N) is 4. The molecule has 0 saturated heterocycles. The van der Waals surface area contributed by atoms with E-state index in [0.29, 0.717) is 11.3 Å². The van der Waals surface area contributed by atoms with E-state index < -0.39 is 0 Å². The third-order valence-corrected chi connectivity index (χ3v) is 9.39. The van der Waals surface area contributed by atoms with Crippen LogP contribution in [0.25, 0.3) is 82.1 Å². The third-order valence-electron chi connectivity index (χ3n) is 9.39. The largest absolute Gasteiger partial charge is 0.309 e. The molecule has 7 aromatic carbocycles. The van der Waals surface area contributed by atoms with Gasteiger partial charge in [0.2, 0.25) is 5.69 Å². The van der Waals surface area contributed by atoms with Gasteiger partial charge in [0.05, 0.1) is 46.0 Å². The van der Waals surface area contributed by atoms with Crippen molar-refractivity contribution in [3.63, 3.8) is 0 Å². The highest BCUT2D eigenvalue weighted by atomic mass is 15.0. The highest BCUT2D eigenvalue weighted by molar-refractivity contribution is 6.13. The lowest BCUT2D eigenvalue weighted by atomic mass is 9.96. The van der Waals surface area contributed by atoms with Gasteiger partial charge in [-0.05, 0) is 65.2 Å². The maximum Gasteiger partial charge on any atom is 0.205 e. The Morgan fingerprint density at radius 2 is 1.06 bits per heavy atom. The summed E-state index contributed by atoms with van der Waals surface area (Å²) in [6.07, 6.45) is 0. The van der Waals surface area contributed by atoms with Crippen LogP contribution in [0, 0.1) is 17.9 Å². The van der Waals surface area contributed by atoms with Gasteiger partial charge in [-0.25, -0.2) is 4.85 Å². The predicted octanol–water partition coefficient (Wildman–Crippen LogP) is 11.6. The van der Waals surface area contributed by atoms with E-state index in [-0.39, 0.29) is 0 Å². The molecule has 0 bridgehead atoms. The molecule has 2 aromatic heterocycles. The lowest BCUT2D eigenvalue weighted by molar-refractivity contribution is 1.18. The SMILES string of the molecule is [C-]#[N+]c1ccc(-n2c3ccccc3c3cc(-c4ccc5c6ccccc6n(-c6ccccc6)c5c4)ccc32)c(-c2ccccc2)c1C#N. The van der Waals surface area contributed by atoms with Gasteiger partial charge in [-0.15, -0.1) is 0 Å². The first-order chi connectivity index (χ1) is 23.7. The second-order valence-electron chi connectivity index (χ2n) is 11.9. The number of nitriles is 1. The van der Waals surface area contributed by atoms with Gasteiger partial charge in [0, 0.05) is 32.8 Å². The van der Waals surface area contributed by atoms with Crippen LogP contribution in [-0.2, 0) is 0 Å². The number of fused-ring (bicyclic) bond motifs is 6. The first-order valence-corrected chi connectivity index (χ1v) is 15.9. The predicted molar refractivity (Wildman–Crippen MR) is 197 cm³/mol. The van der Waals surface area contributed by atoms with Crippen LogP contribution in [0.15, 0.2) is 158 Å². The van der Waals surface area contributed by atoms with Gasteiger partial charge in [-0.3, -0.25) is 0 Å². The molecule has 0 aliphatic carbocycles. The van der Waals surface area contributed by atoms with E-state index in [1.807, 2.05) is 36.4 Å². The minimum absolute atomic E-state index is 0.353.